The van der Waals surface area contributed by atoms with Crippen LogP contribution >= 0.6 is 0 Å². The van der Waals surface area contributed by atoms with Gasteiger partial charge in [-0.2, -0.15) is 0 Å². The minimum Gasteiger partial charge on any atom is -0.338 e. The summed E-state index contributed by atoms with van der Waals surface area (Å²) in [7, 11) is 1.65. The first-order valence-electron chi connectivity index (χ1n) is 5.21. The molecule has 2 rings (SSSR count). The van der Waals surface area contributed by atoms with Gasteiger partial charge < -0.3 is 4.52 Å². The van der Waals surface area contributed by atoms with E-state index in [9.17, 15) is 4.79 Å². The number of rotatable bonds is 2. The summed E-state index contributed by atoms with van der Waals surface area (Å²) in [6.07, 6.45) is 3.21. The Hall–Kier alpha value is -2.17. The molecule has 2 aromatic heterocycles. The minimum atomic E-state index is -0.160. The first-order chi connectivity index (χ1) is 8.09. The highest BCUT2D eigenvalue weighted by Crippen LogP contribution is 2.17. The first kappa shape index (κ1) is 11.3. The summed E-state index contributed by atoms with van der Waals surface area (Å²) >= 11 is 0. The summed E-state index contributed by atoms with van der Waals surface area (Å²) in [5.74, 6) is 0.266. The number of aryl methyl sites for hydroxylation is 2. The van der Waals surface area contributed by atoms with Crippen molar-refractivity contribution in [3.63, 3.8) is 0 Å². The molecular formula is C12H13N3O2. The molecule has 1 amide bonds. The molecule has 0 aromatic carbocycles. The standard InChI is InChI=1S/C12H13N3O2/c1-8-4-5-13-7-10(8)12(16)15(3)11-6-9(2)14-17-11/h4-7H,1-3H3. The second kappa shape index (κ2) is 4.37. The predicted molar refractivity (Wildman–Crippen MR) is 62.9 cm³/mol. The zero-order valence-electron chi connectivity index (χ0n) is 9.97. The number of amides is 1. The van der Waals surface area contributed by atoms with Crippen molar-refractivity contribution >= 4 is 11.8 Å². The molecule has 0 radical (unpaired) electrons. The van der Waals surface area contributed by atoms with Crippen molar-refractivity contribution in [2.45, 2.75) is 13.8 Å². The predicted octanol–water partition coefficient (Wildman–Crippen LogP) is 1.96. The summed E-state index contributed by atoms with van der Waals surface area (Å²) in [6, 6.07) is 3.51. The smallest absolute Gasteiger partial charge is 0.262 e. The Morgan fingerprint density at radius 2 is 2.18 bits per heavy atom. The van der Waals surface area contributed by atoms with Crippen LogP contribution in [-0.2, 0) is 0 Å². The number of pyridine rings is 1. The lowest BCUT2D eigenvalue weighted by molar-refractivity contribution is 0.0986. The molecule has 17 heavy (non-hydrogen) atoms. The van der Waals surface area contributed by atoms with Crippen molar-refractivity contribution in [1.29, 1.82) is 0 Å². The van der Waals surface area contributed by atoms with Gasteiger partial charge in [-0.15, -0.1) is 0 Å². The third kappa shape index (κ3) is 2.18. The van der Waals surface area contributed by atoms with Gasteiger partial charge in [0.2, 0.25) is 5.88 Å². The van der Waals surface area contributed by atoms with E-state index in [0.717, 1.165) is 11.3 Å². The van der Waals surface area contributed by atoms with Gasteiger partial charge in [-0.05, 0) is 25.5 Å². The van der Waals surface area contributed by atoms with E-state index in [1.807, 2.05) is 6.92 Å². The summed E-state index contributed by atoms with van der Waals surface area (Å²) in [5, 5.41) is 3.75. The van der Waals surface area contributed by atoms with E-state index < -0.39 is 0 Å². The number of anilines is 1. The molecule has 5 nitrogen and oxygen atoms in total. The van der Waals surface area contributed by atoms with Crippen LogP contribution in [0.15, 0.2) is 29.0 Å². The number of nitrogens with zero attached hydrogens (tertiary/aromatic N) is 3. The van der Waals surface area contributed by atoms with Crippen LogP contribution in [0.4, 0.5) is 5.88 Å². The van der Waals surface area contributed by atoms with Crippen molar-refractivity contribution in [3.8, 4) is 0 Å². The number of hydrogen-bond acceptors (Lipinski definition) is 4. The van der Waals surface area contributed by atoms with Crippen LogP contribution in [0.1, 0.15) is 21.6 Å². The number of carbonyl (C=O) groups excluding carboxylic acids is 1. The van der Waals surface area contributed by atoms with E-state index >= 15 is 0 Å². The minimum absolute atomic E-state index is 0.160. The van der Waals surface area contributed by atoms with Crippen LogP contribution in [-0.4, -0.2) is 23.1 Å². The Balaban J connectivity index is 2.30. The van der Waals surface area contributed by atoms with Crippen molar-refractivity contribution < 1.29 is 9.32 Å². The Bertz CT molecular complexity index is 548. The fraction of sp³-hybridized carbons (Fsp3) is 0.250. The van der Waals surface area contributed by atoms with Gasteiger partial charge in [0.1, 0.15) is 0 Å². The summed E-state index contributed by atoms with van der Waals surface area (Å²) in [4.78, 5) is 17.5. The van der Waals surface area contributed by atoms with E-state index in [1.165, 1.54) is 4.90 Å². The van der Waals surface area contributed by atoms with Crippen LogP contribution < -0.4 is 4.90 Å². The van der Waals surface area contributed by atoms with Gasteiger partial charge in [0.15, 0.2) is 0 Å². The molecule has 2 aromatic rings. The molecule has 0 spiro atoms. The molecule has 0 aliphatic heterocycles. The number of hydrogen-bond donors (Lipinski definition) is 0. The molecule has 0 atom stereocenters. The monoisotopic (exact) mass is 231 g/mol. The highest BCUT2D eigenvalue weighted by Gasteiger charge is 2.18. The second-order valence-corrected chi connectivity index (χ2v) is 3.86. The Kier molecular flexibility index (Phi) is 2.91. The van der Waals surface area contributed by atoms with Gasteiger partial charge >= 0.3 is 0 Å². The number of aromatic nitrogens is 2. The zero-order chi connectivity index (χ0) is 12.4. The van der Waals surface area contributed by atoms with Crippen molar-refractivity contribution in [2.24, 2.45) is 0 Å². The molecule has 0 bridgehead atoms. The van der Waals surface area contributed by atoms with Crippen molar-refractivity contribution in [1.82, 2.24) is 10.1 Å². The lowest BCUT2D eigenvalue weighted by atomic mass is 10.1. The summed E-state index contributed by atoms with van der Waals surface area (Å²) in [5.41, 5.74) is 2.18. The maximum atomic E-state index is 12.2. The van der Waals surface area contributed by atoms with Gasteiger partial charge in [-0.1, -0.05) is 5.16 Å². The first-order valence-corrected chi connectivity index (χ1v) is 5.21. The Morgan fingerprint density at radius 1 is 1.41 bits per heavy atom. The topological polar surface area (TPSA) is 59.2 Å². The molecule has 0 aliphatic rings. The Morgan fingerprint density at radius 3 is 2.76 bits per heavy atom. The largest absolute Gasteiger partial charge is 0.338 e. The van der Waals surface area contributed by atoms with E-state index in [0.29, 0.717) is 11.4 Å². The van der Waals surface area contributed by atoms with Gasteiger partial charge in [-0.25, -0.2) is 0 Å². The molecule has 0 saturated carbocycles. The van der Waals surface area contributed by atoms with Crippen LogP contribution in [0.25, 0.3) is 0 Å². The average molecular weight is 231 g/mol. The fourth-order valence-electron chi connectivity index (χ4n) is 1.48. The molecule has 0 saturated heterocycles. The van der Waals surface area contributed by atoms with E-state index in [4.69, 9.17) is 4.52 Å². The molecule has 0 fully saturated rings. The van der Waals surface area contributed by atoms with Gasteiger partial charge in [0, 0.05) is 25.5 Å². The average Bonchev–Trinajstić information content (AvgIpc) is 2.75. The Labute approximate surface area is 99.1 Å². The van der Waals surface area contributed by atoms with E-state index in [1.54, 1.807) is 38.5 Å². The lowest BCUT2D eigenvalue weighted by Crippen LogP contribution is -2.26. The van der Waals surface area contributed by atoms with Crippen LogP contribution in [0.5, 0.6) is 0 Å². The quantitative estimate of drug-likeness (QED) is 0.792. The zero-order valence-corrected chi connectivity index (χ0v) is 9.97. The van der Waals surface area contributed by atoms with Crippen LogP contribution in [0, 0.1) is 13.8 Å². The normalized spacial score (nSPS) is 10.3. The van der Waals surface area contributed by atoms with E-state index in [-0.39, 0.29) is 5.91 Å². The van der Waals surface area contributed by atoms with Crippen molar-refractivity contribution in [3.05, 3.63) is 41.3 Å². The third-order valence-electron chi connectivity index (χ3n) is 2.52. The van der Waals surface area contributed by atoms with Gasteiger partial charge in [0.25, 0.3) is 5.91 Å². The second-order valence-electron chi connectivity index (χ2n) is 3.86. The summed E-state index contributed by atoms with van der Waals surface area (Å²) < 4.78 is 5.04. The molecular weight excluding hydrogens is 218 g/mol. The SMILES string of the molecule is Cc1cc(N(C)C(=O)c2cnccc2C)on1. The summed E-state index contributed by atoms with van der Waals surface area (Å²) in [6.45, 7) is 3.68. The van der Waals surface area contributed by atoms with Gasteiger partial charge in [0.05, 0.1) is 11.3 Å². The van der Waals surface area contributed by atoms with E-state index in [2.05, 4.69) is 10.1 Å². The van der Waals surface area contributed by atoms with Gasteiger partial charge in [-0.3, -0.25) is 14.7 Å². The van der Waals surface area contributed by atoms with Crippen LogP contribution in [0.2, 0.25) is 0 Å². The maximum absolute atomic E-state index is 12.2. The highest BCUT2D eigenvalue weighted by molar-refractivity contribution is 6.05. The highest BCUT2D eigenvalue weighted by atomic mass is 16.5. The third-order valence-corrected chi connectivity index (χ3v) is 2.52. The van der Waals surface area contributed by atoms with Crippen LogP contribution in [0.3, 0.4) is 0 Å². The fourth-order valence-corrected chi connectivity index (χ4v) is 1.48. The maximum Gasteiger partial charge on any atom is 0.262 e. The molecule has 0 aliphatic carbocycles. The molecule has 0 N–H and O–H groups in total. The lowest BCUT2D eigenvalue weighted by Gasteiger charge is -2.13. The van der Waals surface area contributed by atoms with Crippen molar-refractivity contribution in [2.75, 3.05) is 11.9 Å². The molecule has 2 heterocycles. The molecule has 88 valence electrons. The molecule has 5 heteroatoms. The molecule has 0 unspecified atom stereocenters. The number of carbonyl (C=O) groups is 1.